The predicted molar refractivity (Wildman–Crippen MR) is 68.8 cm³/mol. The molecule has 3 aliphatic rings. The smallest absolute Gasteiger partial charge is 0.253 e. The van der Waals surface area contributed by atoms with E-state index in [0.29, 0.717) is 0 Å². The van der Waals surface area contributed by atoms with Gasteiger partial charge < -0.3 is 0 Å². The molecule has 1 saturated carbocycles. The summed E-state index contributed by atoms with van der Waals surface area (Å²) >= 11 is 25.1. The van der Waals surface area contributed by atoms with E-state index in [4.69, 9.17) is 46.4 Å². The van der Waals surface area contributed by atoms with Crippen LogP contribution in [0.4, 0.5) is 0 Å². The Labute approximate surface area is 123 Å². The molecule has 0 aromatic rings. The molecule has 4 nitrogen and oxygen atoms in total. The summed E-state index contributed by atoms with van der Waals surface area (Å²) < 4.78 is -1.58. The SMILES string of the molecule is N#CC1(C#N)N2N=CC=C[C@@H]2[C@@]2(Cl)C(Cl)(Cl)[C@@]12Cl. The van der Waals surface area contributed by atoms with Crippen molar-refractivity contribution in [1.29, 1.82) is 10.5 Å². The van der Waals surface area contributed by atoms with Crippen LogP contribution in [-0.4, -0.2) is 36.9 Å². The zero-order chi connectivity index (χ0) is 13.4. The molecular weight excluding hydrogens is 318 g/mol. The third kappa shape index (κ3) is 0.813. The third-order valence-electron chi connectivity index (χ3n) is 3.74. The maximum absolute atomic E-state index is 9.39. The van der Waals surface area contributed by atoms with Crippen LogP contribution in [0.5, 0.6) is 0 Å². The van der Waals surface area contributed by atoms with Crippen LogP contribution in [0.3, 0.4) is 0 Å². The lowest BCUT2D eigenvalue weighted by molar-refractivity contribution is 0.182. The van der Waals surface area contributed by atoms with Crippen LogP contribution in [0.25, 0.3) is 0 Å². The van der Waals surface area contributed by atoms with Crippen LogP contribution >= 0.6 is 46.4 Å². The van der Waals surface area contributed by atoms with Crippen molar-refractivity contribution in [3.63, 3.8) is 0 Å². The topological polar surface area (TPSA) is 63.2 Å². The van der Waals surface area contributed by atoms with Crippen molar-refractivity contribution in [3.05, 3.63) is 12.2 Å². The van der Waals surface area contributed by atoms with Crippen molar-refractivity contribution in [1.82, 2.24) is 5.01 Å². The van der Waals surface area contributed by atoms with Crippen LogP contribution < -0.4 is 0 Å². The molecule has 0 N–H and O–H groups in total. The molecule has 0 amide bonds. The summed E-state index contributed by atoms with van der Waals surface area (Å²) in [5.74, 6) is 0. The van der Waals surface area contributed by atoms with Crippen LogP contribution in [0, 0.1) is 22.7 Å². The molecule has 92 valence electrons. The van der Waals surface area contributed by atoms with Gasteiger partial charge in [-0.2, -0.15) is 15.6 Å². The van der Waals surface area contributed by atoms with E-state index >= 15 is 0 Å². The second-order valence-corrected chi connectivity index (χ2v) is 6.81. The number of nitrogens with zero attached hydrogens (tertiary/aromatic N) is 4. The summed E-state index contributed by atoms with van der Waals surface area (Å²) in [5.41, 5.74) is -1.80. The maximum Gasteiger partial charge on any atom is 0.254 e. The number of piperidine rings is 1. The minimum atomic E-state index is -1.80. The van der Waals surface area contributed by atoms with Crippen molar-refractivity contribution in [2.75, 3.05) is 0 Å². The second-order valence-electron chi connectivity index (χ2n) is 4.32. The number of hydrogen-bond donors (Lipinski definition) is 0. The van der Waals surface area contributed by atoms with Crippen LogP contribution in [0.15, 0.2) is 17.3 Å². The minimum Gasteiger partial charge on any atom is -0.253 e. The molecule has 0 unspecified atom stereocenters. The summed E-state index contributed by atoms with van der Waals surface area (Å²) in [4.78, 5) is -2.93. The Morgan fingerprint density at radius 1 is 1.17 bits per heavy atom. The molecule has 0 bridgehead atoms. The quantitative estimate of drug-likeness (QED) is 0.642. The average molecular weight is 322 g/mol. The second kappa shape index (κ2) is 3.08. The van der Waals surface area contributed by atoms with Crippen molar-refractivity contribution in [2.24, 2.45) is 5.10 Å². The van der Waals surface area contributed by atoms with Gasteiger partial charge in [-0.05, 0) is 6.08 Å². The molecule has 1 aliphatic carbocycles. The first-order valence-electron chi connectivity index (χ1n) is 4.93. The summed E-state index contributed by atoms with van der Waals surface area (Å²) in [6, 6.07) is 3.14. The van der Waals surface area contributed by atoms with Gasteiger partial charge in [0.25, 0.3) is 5.54 Å². The Bertz CT molecular complexity index is 572. The Balaban J connectivity index is 2.30. The number of halogens is 4. The Morgan fingerprint density at radius 3 is 2.33 bits per heavy atom. The molecule has 0 aromatic carbocycles. The zero-order valence-electron chi connectivity index (χ0n) is 8.61. The van der Waals surface area contributed by atoms with Gasteiger partial charge in [-0.25, -0.2) is 0 Å². The molecule has 3 rings (SSSR count). The lowest BCUT2D eigenvalue weighted by Crippen LogP contribution is -2.54. The minimum absolute atomic E-state index is 0.601. The number of alkyl halides is 4. The maximum atomic E-state index is 9.39. The van der Waals surface area contributed by atoms with E-state index in [1.54, 1.807) is 12.2 Å². The molecule has 18 heavy (non-hydrogen) atoms. The van der Waals surface area contributed by atoms with E-state index in [2.05, 4.69) is 5.10 Å². The summed E-state index contributed by atoms with van der Waals surface area (Å²) in [5, 5.41) is 24.1. The van der Waals surface area contributed by atoms with Crippen molar-refractivity contribution in [3.8, 4) is 12.1 Å². The van der Waals surface area contributed by atoms with Crippen LogP contribution in [0.1, 0.15) is 0 Å². The summed E-state index contributed by atoms with van der Waals surface area (Å²) in [6.45, 7) is 0. The molecule has 2 heterocycles. The molecule has 0 aromatic heterocycles. The highest BCUT2D eigenvalue weighted by atomic mass is 35.5. The lowest BCUT2D eigenvalue weighted by Gasteiger charge is -2.36. The van der Waals surface area contributed by atoms with Gasteiger partial charge >= 0.3 is 0 Å². The fraction of sp³-hybridized carbons (Fsp3) is 0.500. The lowest BCUT2D eigenvalue weighted by atomic mass is 9.97. The van der Waals surface area contributed by atoms with E-state index in [-0.39, 0.29) is 0 Å². The van der Waals surface area contributed by atoms with Gasteiger partial charge in [0.2, 0.25) is 0 Å². The molecule has 2 aliphatic heterocycles. The van der Waals surface area contributed by atoms with Crippen molar-refractivity contribution < 1.29 is 0 Å². The van der Waals surface area contributed by atoms with Gasteiger partial charge in [-0.3, -0.25) is 5.01 Å². The number of hydrogen-bond acceptors (Lipinski definition) is 4. The normalized spacial score (nSPS) is 44.8. The Morgan fingerprint density at radius 2 is 1.78 bits per heavy atom. The molecule has 0 spiro atoms. The van der Waals surface area contributed by atoms with Gasteiger partial charge in [0, 0.05) is 6.21 Å². The number of rotatable bonds is 0. The molecular formula is C10H4Cl4N4. The molecule has 0 radical (unpaired) electrons. The number of hydrazone groups is 1. The van der Waals surface area contributed by atoms with Gasteiger partial charge in [0.1, 0.15) is 17.0 Å². The van der Waals surface area contributed by atoms with Crippen molar-refractivity contribution in [2.45, 2.75) is 25.7 Å². The first-order chi connectivity index (χ1) is 8.35. The molecule has 1 saturated heterocycles. The number of nitriles is 2. The third-order valence-corrected chi connectivity index (χ3v) is 7.03. The van der Waals surface area contributed by atoms with E-state index in [0.717, 1.165) is 0 Å². The summed E-state index contributed by atoms with van der Waals surface area (Å²) in [6.07, 6.45) is 4.78. The Kier molecular flexibility index (Phi) is 2.12. The monoisotopic (exact) mass is 320 g/mol. The Hall–Kier alpha value is -0.650. The standard InChI is InChI=1S/C10H4Cl4N4/c11-8-6-2-1-3-17-18(6)7(4-15,5-16)9(8,12)10(8,13)14/h1-3,6H/t6-,8+,9-/m1/s1. The highest BCUT2D eigenvalue weighted by Crippen LogP contribution is 2.82. The van der Waals surface area contributed by atoms with Gasteiger partial charge in [-0.15, -0.1) is 23.2 Å². The average Bonchev–Trinajstić information content (AvgIpc) is 2.64. The van der Waals surface area contributed by atoms with Crippen LogP contribution in [0.2, 0.25) is 0 Å². The first kappa shape index (κ1) is 12.4. The van der Waals surface area contributed by atoms with Gasteiger partial charge in [-0.1, -0.05) is 29.3 Å². The zero-order valence-corrected chi connectivity index (χ0v) is 11.6. The van der Waals surface area contributed by atoms with E-state index in [1.165, 1.54) is 11.2 Å². The van der Waals surface area contributed by atoms with E-state index in [1.807, 2.05) is 12.1 Å². The highest BCUT2D eigenvalue weighted by molar-refractivity contribution is 6.67. The fourth-order valence-corrected chi connectivity index (χ4v) is 5.06. The number of allylic oxidation sites excluding steroid dienone is 1. The molecule has 8 heteroatoms. The highest BCUT2D eigenvalue weighted by Gasteiger charge is 3.01. The van der Waals surface area contributed by atoms with Crippen molar-refractivity contribution >= 4 is 52.6 Å². The van der Waals surface area contributed by atoms with Gasteiger partial charge in [0.05, 0.1) is 6.04 Å². The largest absolute Gasteiger partial charge is 0.254 e. The first-order valence-corrected chi connectivity index (χ1v) is 6.44. The van der Waals surface area contributed by atoms with E-state index < -0.39 is 25.7 Å². The summed E-state index contributed by atoms with van der Waals surface area (Å²) in [7, 11) is 0. The van der Waals surface area contributed by atoms with Crippen LogP contribution in [-0.2, 0) is 0 Å². The molecule has 2 fully saturated rings. The number of fused-ring (bicyclic) bond motifs is 3. The molecule has 3 atom stereocenters. The van der Waals surface area contributed by atoms with E-state index in [9.17, 15) is 10.5 Å². The van der Waals surface area contributed by atoms with Gasteiger partial charge in [0.15, 0.2) is 9.21 Å². The fourth-order valence-electron chi connectivity index (χ4n) is 2.77. The predicted octanol–water partition coefficient (Wildman–Crippen LogP) is 2.15.